The molecule has 298 valence electrons. The van der Waals surface area contributed by atoms with E-state index in [1.807, 2.05) is 6.07 Å². The Morgan fingerprint density at radius 1 is 0.737 bits per heavy atom. The van der Waals surface area contributed by atoms with Crippen LogP contribution >= 0.6 is 0 Å². The van der Waals surface area contributed by atoms with Gasteiger partial charge in [0.05, 0.1) is 35.9 Å². The lowest BCUT2D eigenvalue weighted by Crippen LogP contribution is -2.49. The van der Waals surface area contributed by atoms with Gasteiger partial charge in [0.25, 0.3) is 0 Å². The molecule has 1 N–H and O–H groups in total. The number of fused-ring (bicyclic) bond motifs is 6. The Morgan fingerprint density at radius 3 is 2.09 bits per heavy atom. The third kappa shape index (κ3) is 7.59. The molecule has 4 aromatic rings. The maximum absolute atomic E-state index is 13.0. The van der Waals surface area contributed by atoms with Gasteiger partial charge in [0, 0.05) is 88.8 Å². The maximum atomic E-state index is 13.0. The minimum Gasteiger partial charge on any atom is -0.494 e. The van der Waals surface area contributed by atoms with Gasteiger partial charge in [-0.05, 0) is 104 Å². The monoisotopic (exact) mass is 774 g/mol. The Balaban J connectivity index is 0.000000148. The molecule has 0 spiro atoms. The van der Waals surface area contributed by atoms with E-state index >= 15 is 0 Å². The number of carbonyl (C=O) groups is 2. The summed E-state index contributed by atoms with van der Waals surface area (Å²) in [7, 11) is 2.19. The average molecular weight is 775 g/mol. The minimum atomic E-state index is -0.298. The number of likely N-dealkylation sites (N-methyl/N-ethyl adjacent to an activating group) is 1. The van der Waals surface area contributed by atoms with Crippen LogP contribution in [0.2, 0.25) is 0 Å². The molecule has 6 heterocycles. The number of anilines is 4. The first-order valence-electron chi connectivity index (χ1n) is 20.7. The minimum absolute atomic E-state index is 0.0886. The standard InChI is InChI=1S/C24H28FN3O.C22H24FN3O2/c1-26-14-15-28-21-11-13-27(16-20(21)19-4-2-5-22(26)24(19)28)12-3-6-23(29)17-7-9-18(25)10-8-17;23-15-5-7-16(8-6-15)28-12-2-10-25-11-9-20-18(13-25)17-3-1-4-19-22(17)26(20)14-21(27)24-19/h2,4-5,7-10,20-21H,3,6,11-16H2,1H3;1,3-8,18,20H,2,9-14H2,(H,24,27)/t20-,21-;18-,20-/m00/s1. The number of para-hydroxylation sites is 2. The fourth-order valence-corrected chi connectivity index (χ4v) is 10.3. The molecule has 6 aliphatic heterocycles. The largest absolute Gasteiger partial charge is 0.494 e. The van der Waals surface area contributed by atoms with Crippen LogP contribution in [-0.4, -0.2) is 106 Å². The van der Waals surface area contributed by atoms with Crippen molar-refractivity contribution in [3.63, 3.8) is 0 Å². The number of Topliss-reactive ketones (excluding diaryl/α,β-unsaturated/α-hetero) is 1. The highest BCUT2D eigenvalue weighted by Gasteiger charge is 2.46. The van der Waals surface area contributed by atoms with Crippen molar-refractivity contribution in [2.75, 3.05) is 92.6 Å². The van der Waals surface area contributed by atoms with Crippen LogP contribution in [0.4, 0.5) is 31.5 Å². The van der Waals surface area contributed by atoms with Crippen LogP contribution < -0.4 is 24.8 Å². The molecule has 11 heteroatoms. The van der Waals surface area contributed by atoms with E-state index in [2.05, 4.69) is 67.2 Å². The Morgan fingerprint density at radius 2 is 1.37 bits per heavy atom. The number of likely N-dealkylation sites (tertiary alicyclic amines) is 2. The average Bonchev–Trinajstić information content (AvgIpc) is 3.72. The highest BCUT2D eigenvalue weighted by atomic mass is 19.1. The predicted octanol–water partition coefficient (Wildman–Crippen LogP) is 7.14. The summed E-state index contributed by atoms with van der Waals surface area (Å²) in [6.45, 7) is 9.47. The zero-order chi connectivity index (χ0) is 39.0. The number of ether oxygens (including phenoxy) is 1. The number of hydrogen-bond acceptors (Lipinski definition) is 8. The van der Waals surface area contributed by atoms with Crippen LogP contribution in [0.5, 0.6) is 5.75 Å². The fraction of sp³-hybridized carbons (Fsp3) is 0.435. The lowest BCUT2D eigenvalue weighted by atomic mass is 9.89. The van der Waals surface area contributed by atoms with Crippen molar-refractivity contribution in [1.82, 2.24) is 9.80 Å². The lowest BCUT2D eigenvalue weighted by molar-refractivity contribution is -0.115. The van der Waals surface area contributed by atoms with Gasteiger partial charge in [-0.1, -0.05) is 24.3 Å². The molecule has 0 unspecified atom stereocenters. The molecular weight excluding hydrogens is 723 g/mol. The summed E-state index contributed by atoms with van der Waals surface area (Å²) in [6, 6.07) is 26.2. The number of hydrogen-bond donors (Lipinski definition) is 1. The molecule has 0 radical (unpaired) electrons. The molecule has 2 saturated heterocycles. The highest BCUT2D eigenvalue weighted by Crippen LogP contribution is 2.51. The van der Waals surface area contributed by atoms with E-state index in [0.29, 0.717) is 54.8 Å². The molecule has 6 aliphatic rings. The normalized spacial score (nSPS) is 23.1. The smallest absolute Gasteiger partial charge is 0.243 e. The zero-order valence-corrected chi connectivity index (χ0v) is 32.7. The molecule has 9 nitrogen and oxygen atoms in total. The molecular formula is C46H52F2N6O3. The molecule has 57 heavy (non-hydrogen) atoms. The van der Waals surface area contributed by atoms with E-state index < -0.39 is 0 Å². The third-order valence-electron chi connectivity index (χ3n) is 13.0. The number of carbonyl (C=O) groups excluding carboxylic acids is 2. The van der Waals surface area contributed by atoms with Gasteiger partial charge in [-0.3, -0.25) is 9.59 Å². The van der Waals surface area contributed by atoms with Crippen molar-refractivity contribution in [2.24, 2.45) is 0 Å². The summed E-state index contributed by atoms with van der Waals surface area (Å²) in [5.74, 6) is 1.39. The Bertz CT molecular complexity index is 2100. The number of piperidine rings is 2. The Labute approximate surface area is 334 Å². The van der Waals surface area contributed by atoms with Crippen LogP contribution in [0.3, 0.4) is 0 Å². The molecule has 4 aromatic carbocycles. The summed E-state index contributed by atoms with van der Waals surface area (Å²) in [5, 5.41) is 3.02. The first-order chi connectivity index (χ1) is 27.8. The van der Waals surface area contributed by atoms with E-state index in [0.717, 1.165) is 77.3 Å². The van der Waals surface area contributed by atoms with Gasteiger partial charge in [-0.15, -0.1) is 0 Å². The number of nitrogens with zero attached hydrogens (tertiary/aromatic N) is 5. The van der Waals surface area contributed by atoms with E-state index in [1.165, 1.54) is 58.9 Å². The molecule has 0 bridgehead atoms. The van der Waals surface area contributed by atoms with E-state index in [-0.39, 0.29) is 23.3 Å². The second-order valence-corrected chi connectivity index (χ2v) is 16.5. The second-order valence-electron chi connectivity index (χ2n) is 16.5. The predicted molar refractivity (Wildman–Crippen MR) is 221 cm³/mol. The number of benzene rings is 4. The summed E-state index contributed by atoms with van der Waals surface area (Å²) < 4.78 is 31.7. The molecule has 0 aliphatic carbocycles. The number of halogens is 2. The van der Waals surface area contributed by atoms with Crippen molar-refractivity contribution in [3.8, 4) is 5.75 Å². The van der Waals surface area contributed by atoms with Crippen molar-refractivity contribution >= 4 is 34.4 Å². The number of ketones is 1. The van der Waals surface area contributed by atoms with Gasteiger partial charge in [0.2, 0.25) is 5.91 Å². The van der Waals surface area contributed by atoms with E-state index in [4.69, 9.17) is 4.74 Å². The summed E-state index contributed by atoms with van der Waals surface area (Å²) in [6.07, 6.45) is 4.57. The number of rotatable bonds is 10. The quantitative estimate of drug-likeness (QED) is 0.135. The van der Waals surface area contributed by atoms with Crippen LogP contribution in [0.1, 0.15) is 65.4 Å². The molecule has 4 atom stereocenters. The van der Waals surface area contributed by atoms with Crippen molar-refractivity contribution in [1.29, 1.82) is 0 Å². The van der Waals surface area contributed by atoms with Crippen molar-refractivity contribution < 1.29 is 23.1 Å². The van der Waals surface area contributed by atoms with E-state index in [1.54, 1.807) is 24.3 Å². The Hall–Kier alpha value is -5.00. The van der Waals surface area contributed by atoms with Gasteiger partial charge in [-0.25, -0.2) is 8.78 Å². The number of nitrogens with one attached hydrogen (secondary N) is 1. The topological polar surface area (TPSA) is 71.6 Å². The van der Waals surface area contributed by atoms with Crippen LogP contribution in [0, 0.1) is 11.6 Å². The molecule has 2 fully saturated rings. The highest BCUT2D eigenvalue weighted by molar-refractivity contribution is 6.03. The first kappa shape index (κ1) is 37.6. The van der Waals surface area contributed by atoms with Crippen LogP contribution in [0.15, 0.2) is 84.9 Å². The first-order valence-corrected chi connectivity index (χ1v) is 20.7. The summed E-state index contributed by atoms with van der Waals surface area (Å²) in [4.78, 5) is 36.8. The molecule has 1 amide bonds. The molecule has 0 aromatic heterocycles. The summed E-state index contributed by atoms with van der Waals surface area (Å²) in [5.41, 5.74) is 8.52. The lowest BCUT2D eigenvalue weighted by Gasteiger charge is -2.41. The van der Waals surface area contributed by atoms with Crippen LogP contribution in [0.25, 0.3) is 0 Å². The molecule has 0 saturated carbocycles. The zero-order valence-electron chi connectivity index (χ0n) is 32.7. The van der Waals surface area contributed by atoms with Crippen LogP contribution in [-0.2, 0) is 4.79 Å². The Kier molecular flexibility index (Phi) is 10.6. The maximum Gasteiger partial charge on any atom is 0.243 e. The van der Waals surface area contributed by atoms with Gasteiger partial charge in [0.1, 0.15) is 17.4 Å². The molecule has 10 rings (SSSR count). The van der Waals surface area contributed by atoms with Gasteiger partial charge >= 0.3 is 0 Å². The summed E-state index contributed by atoms with van der Waals surface area (Å²) >= 11 is 0. The van der Waals surface area contributed by atoms with Crippen molar-refractivity contribution in [2.45, 2.75) is 56.0 Å². The SMILES string of the molecule is CN1CCN2c3c(cccc31)[C@@H]1CN(CCCC(=O)c3ccc(F)cc3)CC[C@@H]12.O=C1CN2c3c(cccc3[C@@H]3CN(CCCOc4ccc(F)cc4)CC[C@@H]32)N1. The van der Waals surface area contributed by atoms with Gasteiger partial charge < -0.3 is 34.6 Å². The van der Waals surface area contributed by atoms with Gasteiger partial charge in [-0.2, -0.15) is 0 Å². The third-order valence-corrected chi connectivity index (χ3v) is 13.0. The van der Waals surface area contributed by atoms with Gasteiger partial charge in [0.15, 0.2) is 5.78 Å². The fourth-order valence-electron chi connectivity index (χ4n) is 10.3. The second kappa shape index (κ2) is 16.1. The van der Waals surface area contributed by atoms with Crippen molar-refractivity contribution in [3.05, 3.63) is 113 Å². The number of amides is 1. The van der Waals surface area contributed by atoms with E-state index in [9.17, 15) is 18.4 Å².